The van der Waals surface area contributed by atoms with Gasteiger partial charge in [-0.2, -0.15) is 0 Å². The first-order valence-electron chi connectivity index (χ1n) is 16.3. The maximum atomic E-state index is 14.8. The fraction of sp³-hybridized carbons (Fsp3) is 0.250. The molecule has 3 aliphatic carbocycles. The minimum Gasteiger partial charge on any atom is -0.278 e. The summed E-state index contributed by atoms with van der Waals surface area (Å²) in [6, 6.07) is 33.9. The second-order valence-electron chi connectivity index (χ2n) is 13.2. The Morgan fingerprint density at radius 1 is 0.542 bits per heavy atom. The molecular weight excluding hydrogens is 643 g/mol. The van der Waals surface area contributed by atoms with Crippen LogP contribution in [-0.2, 0) is 32.3 Å². The zero-order valence-corrected chi connectivity index (χ0v) is 27.7. The maximum absolute atomic E-state index is 14.8. The van der Waals surface area contributed by atoms with Crippen molar-refractivity contribution in [1.29, 1.82) is 0 Å². The van der Waals surface area contributed by atoms with Gasteiger partial charge in [0, 0.05) is 21.4 Å². The van der Waals surface area contributed by atoms with Crippen molar-refractivity contribution in [2.24, 2.45) is 35.0 Å². The monoisotopic (exact) mass is 674 g/mol. The number of hydrogen-bond acceptors (Lipinski definition) is 4. The Hall–Kier alpha value is -4.52. The third-order valence-electron chi connectivity index (χ3n) is 11.1. The van der Waals surface area contributed by atoms with Gasteiger partial charge in [0.25, 0.3) is 0 Å². The van der Waals surface area contributed by atoms with Crippen molar-refractivity contribution in [3.63, 3.8) is 0 Å². The van der Waals surface area contributed by atoms with E-state index in [0.717, 1.165) is 33.4 Å². The van der Waals surface area contributed by atoms with E-state index in [4.69, 9.17) is 23.2 Å². The summed E-state index contributed by atoms with van der Waals surface area (Å²) in [7, 11) is 0. The summed E-state index contributed by atoms with van der Waals surface area (Å²) in [5.74, 6) is -5.03. The highest BCUT2D eigenvalue weighted by atomic mass is 35.5. The van der Waals surface area contributed by atoms with Gasteiger partial charge in [0.15, 0.2) is 0 Å². The quantitative estimate of drug-likeness (QED) is 0.190. The van der Waals surface area contributed by atoms with Crippen molar-refractivity contribution in [2.75, 3.05) is 0 Å². The lowest BCUT2D eigenvalue weighted by atomic mass is 9.40. The molecule has 4 atom stereocenters. The molecule has 0 N–H and O–H groups in total. The predicted molar refractivity (Wildman–Crippen MR) is 184 cm³/mol. The lowest BCUT2D eigenvalue weighted by Crippen LogP contribution is -2.60. The molecule has 5 aliphatic rings. The molecular formula is C40H32Cl2N2O4. The number of carbonyl (C=O) groups is 4. The zero-order valence-electron chi connectivity index (χ0n) is 26.2. The Labute approximate surface area is 289 Å². The van der Waals surface area contributed by atoms with Crippen LogP contribution >= 0.6 is 23.2 Å². The number of nitrogens with zero attached hydrogens (tertiary/aromatic N) is 2. The minimum absolute atomic E-state index is 0.0929. The number of hydrogen-bond donors (Lipinski definition) is 0. The number of benzene rings is 4. The number of rotatable bonds is 7. The van der Waals surface area contributed by atoms with Crippen LogP contribution in [0.3, 0.4) is 0 Å². The van der Waals surface area contributed by atoms with Crippen LogP contribution in [0.25, 0.3) is 11.1 Å². The van der Waals surface area contributed by atoms with Crippen LogP contribution in [0.15, 0.2) is 109 Å². The number of carbonyl (C=O) groups excluding carboxylic acids is 4. The number of likely N-dealkylation sites (tertiary alicyclic amines) is 2. The SMILES string of the molecule is CCC12C(c3ccccc3)=C(c3ccccc3)C(C3C(=O)N(Cc4ccc(Cl)cc4)C(=O)C31)C1C(=O)N(Cc3ccc(Cl)cc3)C(=O)C12. The Bertz CT molecular complexity index is 1900. The minimum atomic E-state index is -1.11. The van der Waals surface area contributed by atoms with Crippen molar-refractivity contribution < 1.29 is 19.2 Å². The van der Waals surface area contributed by atoms with Gasteiger partial charge >= 0.3 is 0 Å². The lowest BCUT2D eigenvalue weighted by molar-refractivity contribution is -0.145. The number of imide groups is 2. The zero-order chi connectivity index (χ0) is 33.3. The second kappa shape index (κ2) is 11.6. The van der Waals surface area contributed by atoms with Crippen LogP contribution in [0.5, 0.6) is 0 Å². The first-order chi connectivity index (χ1) is 23.3. The van der Waals surface area contributed by atoms with Crippen LogP contribution in [0.1, 0.15) is 35.6 Å². The van der Waals surface area contributed by atoms with E-state index in [0.29, 0.717) is 16.5 Å². The van der Waals surface area contributed by atoms with Crippen LogP contribution in [0.4, 0.5) is 0 Å². The molecule has 2 bridgehead atoms. The van der Waals surface area contributed by atoms with E-state index in [2.05, 4.69) is 0 Å². The van der Waals surface area contributed by atoms with Gasteiger partial charge in [0.05, 0.1) is 36.8 Å². The molecule has 3 fully saturated rings. The molecule has 2 aliphatic heterocycles. The van der Waals surface area contributed by atoms with E-state index in [1.165, 1.54) is 9.80 Å². The summed E-state index contributed by atoms with van der Waals surface area (Å²) in [6.45, 7) is 2.18. The van der Waals surface area contributed by atoms with Gasteiger partial charge < -0.3 is 0 Å². The maximum Gasteiger partial charge on any atom is 0.234 e. The number of halogens is 2. The molecule has 4 aromatic carbocycles. The van der Waals surface area contributed by atoms with Crippen molar-refractivity contribution in [3.8, 4) is 0 Å². The molecule has 4 aromatic rings. The summed E-state index contributed by atoms with van der Waals surface area (Å²) in [5, 5.41) is 1.12. The fourth-order valence-corrected chi connectivity index (χ4v) is 9.52. The van der Waals surface area contributed by atoms with Gasteiger partial charge in [-0.15, -0.1) is 0 Å². The normalized spacial score (nSPS) is 27.6. The average molecular weight is 676 g/mol. The van der Waals surface area contributed by atoms with Gasteiger partial charge in [-0.05, 0) is 64.1 Å². The van der Waals surface area contributed by atoms with Crippen molar-refractivity contribution in [1.82, 2.24) is 9.80 Å². The smallest absolute Gasteiger partial charge is 0.234 e. The number of allylic oxidation sites excluding steroid dienone is 2. The van der Waals surface area contributed by atoms with E-state index in [9.17, 15) is 19.2 Å². The molecule has 6 nitrogen and oxygen atoms in total. The molecule has 48 heavy (non-hydrogen) atoms. The first kappa shape index (κ1) is 30.8. The third-order valence-corrected chi connectivity index (χ3v) is 11.6. The van der Waals surface area contributed by atoms with Crippen molar-refractivity contribution in [2.45, 2.75) is 26.4 Å². The Morgan fingerprint density at radius 3 is 1.38 bits per heavy atom. The van der Waals surface area contributed by atoms with Crippen LogP contribution < -0.4 is 0 Å². The van der Waals surface area contributed by atoms with Crippen LogP contribution in [0.2, 0.25) is 10.0 Å². The predicted octanol–water partition coefficient (Wildman–Crippen LogP) is 7.55. The number of amides is 4. The van der Waals surface area contributed by atoms with Crippen LogP contribution in [-0.4, -0.2) is 33.4 Å². The van der Waals surface area contributed by atoms with E-state index >= 15 is 0 Å². The highest BCUT2D eigenvalue weighted by Crippen LogP contribution is 2.73. The lowest BCUT2D eigenvalue weighted by Gasteiger charge is -2.59. The van der Waals surface area contributed by atoms with Gasteiger partial charge in [0.1, 0.15) is 0 Å². The first-order valence-corrected chi connectivity index (χ1v) is 17.1. The second-order valence-corrected chi connectivity index (χ2v) is 14.1. The van der Waals surface area contributed by atoms with Crippen molar-refractivity contribution in [3.05, 3.63) is 141 Å². The topological polar surface area (TPSA) is 74.8 Å². The molecule has 2 saturated heterocycles. The van der Waals surface area contributed by atoms with Crippen LogP contribution in [0, 0.1) is 35.0 Å². The van der Waals surface area contributed by atoms with Crippen molar-refractivity contribution >= 4 is 58.0 Å². The summed E-state index contributed by atoms with van der Waals surface area (Å²) in [4.78, 5) is 61.7. The van der Waals surface area contributed by atoms with Gasteiger partial charge in [-0.1, -0.05) is 115 Å². The molecule has 4 amide bonds. The summed E-state index contributed by atoms with van der Waals surface area (Å²) in [5.41, 5.74) is 4.01. The molecule has 4 unspecified atom stereocenters. The molecule has 240 valence electrons. The van der Waals surface area contributed by atoms with Gasteiger partial charge in [-0.25, -0.2) is 0 Å². The van der Waals surface area contributed by atoms with Gasteiger partial charge in [-0.3, -0.25) is 29.0 Å². The summed E-state index contributed by atoms with van der Waals surface area (Å²) < 4.78 is 0. The largest absolute Gasteiger partial charge is 0.278 e. The third kappa shape index (κ3) is 4.39. The highest BCUT2D eigenvalue weighted by molar-refractivity contribution is 6.30. The molecule has 1 saturated carbocycles. The van der Waals surface area contributed by atoms with Gasteiger partial charge in [0.2, 0.25) is 23.6 Å². The molecule has 2 heterocycles. The van der Waals surface area contributed by atoms with E-state index < -0.39 is 35.0 Å². The summed E-state index contributed by atoms with van der Waals surface area (Å²) >= 11 is 12.3. The molecule has 9 rings (SSSR count). The van der Waals surface area contributed by atoms with E-state index in [-0.39, 0.29) is 36.7 Å². The molecule has 0 spiro atoms. The Morgan fingerprint density at radius 2 is 0.958 bits per heavy atom. The van der Waals surface area contributed by atoms with E-state index in [1.54, 1.807) is 24.3 Å². The molecule has 0 radical (unpaired) electrons. The highest BCUT2D eigenvalue weighted by Gasteiger charge is 2.77. The standard InChI is InChI=1S/C40H32Cl2N2O4/c1-2-40-33(26-11-7-4-8-12-26)29(25-9-5-3-6-10-25)30(31-34(40)38(47)43(36(31)45)21-23-13-17-27(41)18-14-23)32-35(40)39(48)44(37(32)46)22-24-15-19-28(42)20-16-24/h3-20,30-32,34-35H,2,21-22H2,1H3. The average Bonchev–Trinajstić information content (AvgIpc) is 3.52. The van der Waals surface area contributed by atoms with E-state index in [1.807, 2.05) is 91.9 Å². The summed E-state index contributed by atoms with van der Waals surface area (Å²) in [6.07, 6.45) is 0.393. The fourth-order valence-electron chi connectivity index (χ4n) is 9.27. The molecule has 0 aromatic heterocycles. The Balaban J connectivity index is 1.35. The molecule has 8 heteroatoms. The Kier molecular flexibility index (Phi) is 7.42.